The fourth-order valence-electron chi connectivity index (χ4n) is 5.19. The van der Waals surface area contributed by atoms with Crippen molar-refractivity contribution >= 4 is 15.7 Å². The molecule has 2 fully saturated rings. The number of fused-ring (bicyclic) bond motifs is 2. The van der Waals surface area contributed by atoms with Gasteiger partial charge in [-0.15, -0.1) is 0 Å². The van der Waals surface area contributed by atoms with Crippen LogP contribution in [0.2, 0.25) is 0 Å². The van der Waals surface area contributed by atoms with E-state index in [9.17, 15) is 8.42 Å². The minimum atomic E-state index is -3.37. The lowest BCUT2D eigenvalue weighted by molar-refractivity contribution is 0.0504. The van der Waals surface area contributed by atoms with E-state index < -0.39 is 10.0 Å². The van der Waals surface area contributed by atoms with E-state index in [0.717, 1.165) is 0 Å². The average Bonchev–Trinajstić information content (AvgIpc) is 2.71. The van der Waals surface area contributed by atoms with Crippen LogP contribution in [0, 0.1) is 0 Å². The number of hydrogen-bond acceptors (Lipinski definition) is 4. The van der Waals surface area contributed by atoms with Crippen molar-refractivity contribution in [3.63, 3.8) is 0 Å². The molecule has 6 heteroatoms. The van der Waals surface area contributed by atoms with Crippen LogP contribution in [0.5, 0.6) is 0 Å². The Morgan fingerprint density at radius 1 is 1.24 bits per heavy atom. The molecule has 1 saturated heterocycles. The number of methoxy groups -OCH3 is 1. The maximum atomic E-state index is 12.3. The molecule has 2 bridgehead atoms. The van der Waals surface area contributed by atoms with Crippen LogP contribution in [0.3, 0.4) is 0 Å². The van der Waals surface area contributed by atoms with Gasteiger partial charge in [0, 0.05) is 18.8 Å². The van der Waals surface area contributed by atoms with Crippen LogP contribution in [0.15, 0.2) is 24.3 Å². The first kappa shape index (κ1) is 22.6. The highest BCUT2D eigenvalue weighted by Crippen LogP contribution is 2.47. The number of hydrogen-bond donors (Lipinski definition) is 1. The SMILES string of the molecule is CCCCCCN1CCC2(c3cccc(NS(=O)(=O)CCOC)c3)CCCC1C2. The highest BCUT2D eigenvalue weighted by atomic mass is 32.2. The second-order valence-electron chi connectivity index (χ2n) is 8.87. The van der Waals surface area contributed by atoms with Crippen molar-refractivity contribution in [2.24, 2.45) is 0 Å². The summed E-state index contributed by atoms with van der Waals surface area (Å²) in [6.45, 7) is 4.87. The lowest BCUT2D eigenvalue weighted by Crippen LogP contribution is -2.51. The van der Waals surface area contributed by atoms with E-state index in [0.29, 0.717) is 11.7 Å². The quantitative estimate of drug-likeness (QED) is 0.532. The Bertz CT molecular complexity index is 752. The third kappa shape index (κ3) is 5.96. The normalized spacial score (nSPS) is 25.1. The van der Waals surface area contributed by atoms with Crippen molar-refractivity contribution < 1.29 is 13.2 Å². The summed E-state index contributed by atoms with van der Waals surface area (Å²) in [7, 11) is -1.86. The van der Waals surface area contributed by atoms with Gasteiger partial charge in [-0.25, -0.2) is 8.42 Å². The maximum Gasteiger partial charge on any atom is 0.234 e. The minimum absolute atomic E-state index is 0.0199. The third-order valence-corrected chi connectivity index (χ3v) is 8.07. The lowest BCUT2D eigenvalue weighted by atomic mass is 9.63. The van der Waals surface area contributed by atoms with Crippen molar-refractivity contribution in [1.29, 1.82) is 0 Å². The van der Waals surface area contributed by atoms with Crippen LogP contribution in [0.1, 0.15) is 70.3 Å². The molecule has 0 spiro atoms. The molecule has 0 amide bonds. The molecule has 1 aromatic rings. The van der Waals surface area contributed by atoms with Gasteiger partial charge < -0.3 is 9.64 Å². The molecule has 0 aromatic heterocycles. The van der Waals surface area contributed by atoms with Gasteiger partial charge in [-0.2, -0.15) is 0 Å². The molecule has 2 unspecified atom stereocenters. The van der Waals surface area contributed by atoms with Crippen molar-refractivity contribution in [3.05, 3.63) is 29.8 Å². The number of anilines is 1. The second kappa shape index (κ2) is 10.3. The lowest BCUT2D eigenvalue weighted by Gasteiger charge is -2.51. The van der Waals surface area contributed by atoms with E-state index in [4.69, 9.17) is 4.74 Å². The summed E-state index contributed by atoms with van der Waals surface area (Å²) in [5.74, 6) is -0.0199. The number of sulfonamides is 1. The molecule has 1 N–H and O–H groups in total. The van der Waals surface area contributed by atoms with Gasteiger partial charge in [-0.3, -0.25) is 4.72 Å². The summed E-state index contributed by atoms with van der Waals surface area (Å²) in [6, 6.07) is 8.81. The Kier molecular flexibility index (Phi) is 7.99. The summed E-state index contributed by atoms with van der Waals surface area (Å²) in [5, 5.41) is 0. The predicted molar refractivity (Wildman–Crippen MR) is 120 cm³/mol. The number of likely N-dealkylation sites (tertiary alicyclic amines) is 1. The molecule has 1 aromatic carbocycles. The Morgan fingerprint density at radius 2 is 2.10 bits per heavy atom. The molecule has 1 saturated carbocycles. The Balaban J connectivity index is 1.67. The Hall–Kier alpha value is -1.11. The Labute approximate surface area is 177 Å². The number of piperidine rings is 1. The first-order valence-corrected chi connectivity index (χ1v) is 13.0. The van der Waals surface area contributed by atoms with Gasteiger partial charge >= 0.3 is 0 Å². The highest BCUT2D eigenvalue weighted by Gasteiger charge is 2.43. The van der Waals surface area contributed by atoms with Crippen LogP contribution in [-0.4, -0.2) is 51.9 Å². The molecule has 1 aliphatic carbocycles. The average molecular weight is 423 g/mol. The monoisotopic (exact) mass is 422 g/mol. The van der Waals surface area contributed by atoms with Crippen molar-refractivity contribution in [1.82, 2.24) is 4.90 Å². The zero-order valence-electron chi connectivity index (χ0n) is 18.2. The molecule has 29 heavy (non-hydrogen) atoms. The number of benzene rings is 1. The van der Waals surface area contributed by atoms with Crippen LogP contribution < -0.4 is 4.72 Å². The number of ether oxygens (including phenoxy) is 1. The molecule has 5 nitrogen and oxygen atoms in total. The molecule has 3 rings (SSSR count). The summed E-state index contributed by atoms with van der Waals surface area (Å²) in [5.41, 5.74) is 2.19. The van der Waals surface area contributed by atoms with Gasteiger partial charge in [0.25, 0.3) is 0 Å². The minimum Gasteiger partial charge on any atom is -0.384 e. The van der Waals surface area contributed by atoms with E-state index >= 15 is 0 Å². The van der Waals surface area contributed by atoms with Gasteiger partial charge in [0.1, 0.15) is 0 Å². The molecule has 1 heterocycles. The first-order chi connectivity index (χ1) is 14.0. The van der Waals surface area contributed by atoms with Crippen LogP contribution in [-0.2, 0) is 20.2 Å². The molecular weight excluding hydrogens is 384 g/mol. The number of unbranched alkanes of at least 4 members (excludes halogenated alkanes) is 3. The fraction of sp³-hybridized carbons (Fsp3) is 0.739. The number of nitrogens with zero attached hydrogens (tertiary/aromatic N) is 1. The van der Waals surface area contributed by atoms with E-state index in [2.05, 4.69) is 28.7 Å². The van der Waals surface area contributed by atoms with Gasteiger partial charge in [0.15, 0.2) is 0 Å². The van der Waals surface area contributed by atoms with Crippen molar-refractivity contribution in [2.45, 2.75) is 76.2 Å². The topological polar surface area (TPSA) is 58.6 Å². The summed E-state index contributed by atoms with van der Waals surface area (Å²) in [4.78, 5) is 2.73. The van der Waals surface area contributed by atoms with E-state index in [1.807, 2.05) is 12.1 Å². The van der Waals surface area contributed by atoms with Crippen molar-refractivity contribution in [3.8, 4) is 0 Å². The zero-order valence-corrected chi connectivity index (χ0v) is 19.0. The molecule has 164 valence electrons. The van der Waals surface area contributed by atoms with Gasteiger partial charge in [-0.05, 0) is 68.3 Å². The molecule has 1 aliphatic heterocycles. The Morgan fingerprint density at radius 3 is 2.90 bits per heavy atom. The molecular formula is C23H38N2O3S. The van der Waals surface area contributed by atoms with E-state index in [1.54, 1.807) is 0 Å². The number of nitrogens with one attached hydrogen (secondary N) is 1. The van der Waals surface area contributed by atoms with Gasteiger partial charge in [0.05, 0.1) is 12.4 Å². The highest BCUT2D eigenvalue weighted by molar-refractivity contribution is 7.92. The molecule has 2 aliphatic rings. The van der Waals surface area contributed by atoms with Crippen LogP contribution in [0.4, 0.5) is 5.69 Å². The first-order valence-electron chi connectivity index (χ1n) is 11.3. The standard InChI is InChI=1S/C23H38N2O3S/c1-3-4-5-6-14-25-15-13-23(12-8-11-22(25)19-23)20-9-7-10-21(18-20)24-29(26,27)17-16-28-2/h7,9-10,18,22,24H,3-6,8,11-17,19H2,1-2H3. The fourth-order valence-corrected chi connectivity index (χ4v) is 6.16. The van der Waals surface area contributed by atoms with Crippen molar-refractivity contribution in [2.75, 3.05) is 37.3 Å². The largest absolute Gasteiger partial charge is 0.384 e. The van der Waals surface area contributed by atoms with Crippen LogP contribution >= 0.6 is 0 Å². The summed E-state index contributed by atoms with van der Waals surface area (Å²) < 4.78 is 32.2. The number of rotatable bonds is 11. The van der Waals surface area contributed by atoms with E-state index in [1.165, 1.54) is 83.6 Å². The van der Waals surface area contributed by atoms with Crippen LogP contribution in [0.25, 0.3) is 0 Å². The zero-order chi connectivity index (χ0) is 20.7. The maximum absolute atomic E-state index is 12.3. The molecule has 0 radical (unpaired) electrons. The van der Waals surface area contributed by atoms with E-state index in [-0.39, 0.29) is 17.8 Å². The van der Waals surface area contributed by atoms with Gasteiger partial charge in [-0.1, -0.05) is 44.7 Å². The smallest absolute Gasteiger partial charge is 0.234 e. The van der Waals surface area contributed by atoms with Gasteiger partial charge in [0.2, 0.25) is 10.0 Å². The third-order valence-electron chi connectivity index (χ3n) is 6.82. The molecule has 2 atom stereocenters. The predicted octanol–water partition coefficient (Wildman–Crippen LogP) is 4.54. The second-order valence-corrected chi connectivity index (χ2v) is 10.7. The summed E-state index contributed by atoms with van der Waals surface area (Å²) >= 11 is 0. The summed E-state index contributed by atoms with van der Waals surface area (Å²) in [6.07, 6.45) is 11.5.